The lowest BCUT2D eigenvalue weighted by atomic mass is 9.84. The molecule has 140 valence electrons. The molecule has 1 heterocycles. The molecule has 26 heavy (non-hydrogen) atoms. The summed E-state index contributed by atoms with van der Waals surface area (Å²) in [6.07, 6.45) is 6.13. The predicted molar refractivity (Wildman–Crippen MR) is 110 cm³/mol. The Morgan fingerprint density at radius 2 is 2.04 bits per heavy atom. The van der Waals surface area contributed by atoms with E-state index >= 15 is 0 Å². The van der Waals surface area contributed by atoms with Gasteiger partial charge in [-0.05, 0) is 61.7 Å². The second-order valence-electron chi connectivity index (χ2n) is 8.99. The Kier molecular flexibility index (Phi) is 4.91. The number of aldehydes is 1. The van der Waals surface area contributed by atoms with Crippen molar-refractivity contribution in [1.29, 1.82) is 0 Å². The summed E-state index contributed by atoms with van der Waals surface area (Å²) in [7, 11) is -1.89. The summed E-state index contributed by atoms with van der Waals surface area (Å²) in [6.45, 7) is 13.2. The molecule has 0 saturated heterocycles. The van der Waals surface area contributed by atoms with Crippen molar-refractivity contribution in [2.75, 3.05) is 0 Å². The van der Waals surface area contributed by atoms with Crippen LogP contribution in [0.5, 0.6) is 5.75 Å². The van der Waals surface area contributed by atoms with Crippen molar-refractivity contribution in [3.63, 3.8) is 0 Å². The van der Waals surface area contributed by atoms with Gasteiger partial charge in [0.1, 0.15) is 23.4 Å². The second kappa shape index (κ2) is 6.73. The highest BCUT2D eigenvalue weighted by Crippen LogP contribution is 2.43. The van der Waals surface area contributed by atoms with Gasteiger partial charge in [0.15, 0.2) is 0 Å². The van der Waals surface area contributed by atoms with E-state index in [2.05, 4.69) is 46.0 Å². The van der Waals surface area contributed by atoms with E-state index in [1.165, 1.54) is 5.56 Å². The first-order chi connectivity index (χ1) is 12.1. The number of benzene rings is 1. The summed E-state index contributed by atoms with van der Waals surface area (Å²) in [5.41, 5.74) is 2.95. The van der Waals surface area contributed by atoms with E-state index in [0.717, 1.165) is 53.6 Å². The first-order valence-corrected chi connectivity index (χ1v) is 12.4. The van der Waals surface area contributed by atoms with Crippen LogP contribution in [0.2, 0.25) is 18.1 Å². The van der Waals surface area contributed by atoms with Crippen LogP contribution in [0.15, 0.2) is 34.3 Å². The van der Waals surface area contributed by atoms with Gasteiger partial charge in [-0.3, -0.25) is 4.79 Å². The molecule has 0 spiro atoms. The van der Waals surface area contributed by atoms with Crippen molar-refractivity contribution in [2.24, 2.45) is 0 Å². The zero-order valence-corrected chi connectivity index (χ0v) is 17.8. The van der Waals surface area contributed by atoms with E-state index < -0.39 is 8.32 Å². The Morgan fingerprint density at radius 3 is 2.69 bits per heavy atom. The van der Waals surface area contributed by atoms with Gasteiger partial charge in [0.25, 0.3) is 0 Å². The fraction of sp³-hybridized carbons (Fsp3) is 0.500. The van der Waals surface area contributed by atoms with Gasteiger partial charge < -0.3 is 8.84 Å². The number of carbonyl (C=O) groups is 1. The molecule has 1 aromatic carbocycles. The Labute approximate surface area is 157 Å². The Morgan fingerprint density at radius 1 is 1.31 bits per heavy atom. The van der Waals surface area contributed by atoms with Crippen LogP contribution in [-0.4, -0.2) is 14.6 Å². The maximum absolute atomic E-state index is 11.1. The molecule has 0 fully saturated rings. The third-order valence-corrected chi connectivity index (χ3v) is 10.3. The van der Waals surface area contributed by atoms with E-state index in [1.54, 1.807) is 0 Å². The topological polar surface area (TPSA) is 39.4 Å². The van der Waals surface area contributed by atoms with E-state index in [1.807, 2.05) is 19.1 Å². The molecule has 0 amide bonds. The van der Waals surface area contributed by atoms with Crippen molar-refractivity contribution < 1.29 is 13.6 Å². The molecule has 0 unspecified atom stereocenters. The van der Waals surface area contributed by atoms with Crippen molar-refractivity contribution in [1.82, 2.24) is 0 Å². The minimum atomic E-state index is -1.89. The predicted octanol–water partition coefficient (Wildman–Crippen LogP) is 6.38. The van der Waals surface area contributed by atoms with Gasteiger partial charge in [-0.25, -0.2) is 0 Å². The molecule has 4 heteroatoms. The second-order valence-corrected chi connectivity index (χ2v) is 13.7. The fourth-order valence-corrected chi connectivity index (χ4v) is 4.42. The molecule has 1 aliphatic rings. The van der Waals surface area contributed by atoms with Crippen LogP contribution in [0.3, 0.4) is 0 Å². The minimum absolute atomic E-state index is 0.157. The zero-order chi connectivity index (χ0) is 19.1. The van der Waals surface area contributed by atoms with Crippen molar-refractivity contribution in [2.45, 2.75) is 71.0 Å². The van der Waals surface area contributed by atoms with Crippen LogP contribution in [0, 0.1) is 0 Å². The highest BCUT2D eigenvalue weighted by molar-refractivity contribution is 6.74. The summed E-state index contributed by atoms with van der Waals surface area (Å²) in [4.78, 5) is 11.1. The van der Waals surface area contributed by atoms with Gasteiger partial charge in [0, 0.05) is 23.3 Å². The molecular formula is C22H30O3Si. The molecule has 0 bridgehead atoms. The molecular weight excluding hydrogens is 340 g/mol. The molecule has 0 radical (unpaired) electrons. The van der Waals surface area contributed by atoms with E-state index in [4.69, 9.17) is 8.84 Å². The maximum Gasteiger partial charge on any atom is 0.250 e. The number of furan rings is 1. The summed E-state index contributed by atoms with van der Waals surface area (Å²) in [5.74, 6) is 2.23. The monoisotopic (exact) mass is 370 g/mol. The van der Waals surface area contributed by atoms with Crippen LogP contribution < -0.4 is 4.43 Å². The fourth-order valence-electron chi connectivity index (χ4n) is 3.40. The lowest BCUT2D eigenvalue weighted by Crippen LogP contribution is -2.43. The smallest absolute Gasteiger partial charge is 0.250 e. The third kappa shape index (κ3) is 3.52. The molecule has 1 atom stereocenters. The average Bonchev–Trinajstić information content (AvgIpc) is 2.92. The number of rotatable bonds is 4. The maximum atomic E-state index is 11.1. The standard InChI is InChI=1S/C22H30O3Si/c1-15(14-23)12-16-8-7-9-20-21(16)18-13-17(10-11-19(18)24-20)25-26(5,6)22(2,3)4/h10-14,16H,7-9H2,1-6H3/b15-12+/t16-/m1/s1. The van der Waals surface area contributed by atoms with Crippen molar-refractivity contribution >= 4 is 25.6 Å². The van der Waals surface area contributed by atoms with Gasteiger partial charge in [-0.15, -0.1) is 0 Å². The Bertz CT molecular complexity index is 852. The quantitative estimate of drug-likeness (QED) is 0.356. The highest BCUT2D eigenvalue weighted by Gasteiger charge is 2.39. The van der Waals surface area contributed by atoms with Crippen LogP contribution in [0.1, 0.15) is 57.8 Å². The number of carbonyl (C=O) groups excluding carboxylic acids is 1. The lowest BCUT2D eigenvalue weighted by Gasteiger charge is -2.36. The van der Waals surface area contributed by atoms with Crippen LogP contribution in [0.25, 0.3) is 11.0 Å². The van der Waals surface area contributed by atoms with Crippen LogP contribution in [0.4, 0.5) is 0 Å². The molecule has 3 nitrogen and oxygen atoms in total. The van der Waals surface area contributed by atoms with Crippen molar-refractivity contribution in [3.05, 3.63) is 41.2 Å². The summed E-state index contributed by atoms with van der Waals surface area (Å²) in [6, 6.07) is 6.20. The molecule has 3 rings (SSSR count). The van der Waals surface area contributed by atoms with E-state index in [0.29, 0.717) is 0 Å². The van der Waals surface area contributed by atoms with Gasteiger partial charge in [-0.1, -0.05) is 26.8 Å². The number of fused-ring (bicyclic) bond motifs is 3. The first kappa shape index (κ1) is 19.0. The summed E-state index contributed by atoms with van der Waals surface area (Å²) >= 11 is 0. The van der Waals surface area contributed by atoms with Crippen molar-refractivity contribution in [3.8, 4) is 5.75 Å². The third-order valence-electron chi connectivity index (χ3n) is 5.89. The van der Waals surface area contributed by atoms with E-state index in [-0.39, 0.29) is 11.0 Å². The average molecular weight is 371 g/mol. The zero-order valence-electron chi connectivity index (χ0n) is 16.8. The number of aryl methyl sites for hydroxylation is 1. The van der Waals surface area contributed by atoms with Crippen LogP contribution >= 0.6 is 0 Å². The van der Waals surface area contributed by atoms with Gasteiger partial charge in [0.2, 0.25) is 8.32 Å². The molecule has 0 saturated carbocycles. The largest absolute Gasteiger partial charge is 0.543 e. The minimum Gasteiger partial charge on any atom is -0.543 e. The van der Waals surface area contributed by atoms with Crippen LogP contribution in [-0.2, 0) is 11.2 Å². The van der Waals surface area contributed by atoms with Gasteiger partial charge in [-0.2, -0.15) is 0 Å². The molecule has 1 aromatic heterocycles. The summed E-state index contributed by atoms with van der Waals surface area (Å²) < 4.78 is 12.6. The molecule has 0 N–H and O–H groups in total. The SMILES string of the molecule is C/C(C=O)=C\[C@H]1CCCc2oc3ccc(O[Si](C)(C)C(C)(C)C)cc3c21. The molecule has 1 aliphatic carbocycles. The number of hydrogen-bond donors (Lipinski definition) is 0. The Hall–Kier alpha value is -1.81. The lowest BCUT2D eigenvalue weighted by molar-refractivity contribution is -0.104. The highest BCUT2D eigenvalue weighted by atomic mass is 28.4. The first-order valence-electron chi connectivity index (χ1n) is 9.50. The van der Waals surface area contributed by atoms with Gasteiger partial charge >= 0.3 is 0 Å². The van der Waals surface area contributed by atoms with Gasteiger partial charge in [0.05, 0.1) is 0 Å². The normalized spacial score (nSPS) is 18.7. The molecule has 2 aromatic rings. The number of allylic oxidation sites excluding steroid dienone is 2. The number of hydrogen-bond acceptors (Lipinski definition) is 3. The summed E-state index contributed by atoms with van der Waals surface area (Å²) in [5, 5.41) is 1.29. The van der Waals surface area contributed by atoms with E-state index in [9.17, 15) is 4.79 Å². The molecule has 0 aliphatic heterocycles. The Balaban J connectivity index is 2.05.